The van der Waals surface area contributed by atoms with Crippen LogP contribution in [0.25, 0.3) is 93.2 Å². The molecule has 3 nitrogen and oxygen atoms in total. The molecule has 0 saturated carbocycles. The van der Waals surface area contributed by atoms with Crippen molar-refractivity contribution in [3.63, 3.8) is 0 Å². The van der Waals surface area contributed by atoms with Crippen molar-refractivity contribution in [1.29, 1.82) is 0 Å². The Hall–Kier alpha value is -7.88. The zero-order valence-corrected chi connectivity index (χ0v) is 31.8. The average molecular weight is 757 g/mol. The first kappa shape index (κ1) is 29.4. The quantitative estimate of drug-likeness (QED) is 0.168. The molecule has 0 fully saturated rings. The summed E-state index contributed by atoms with van der Waals surface area (Å²) in [5, 5.41) is 8.31. The van der Waals surface area contributed by atoms with Gasteiger partial charge in [-0.05, 0) is 105 Å². The van der Waals surface area contributed by atoms with Crippen molar-refractivity contribution in [3.05, 3.63) is 218 Å². The first-order valence-corrected chi connectivity index (χ1v) is 19.9. The molecule has 2 aromatic heterocycles. The lowest BCUT2D eigenvalue weighted by atomic mass is 9.98. The lowest BCUT2D eigenvalue weighted by Crippen LogP contribution is -2.10. The monoisotopic (exact) mass is 756 g/mol. The molecule has 0 aliphatic carbocycles. The highest BCUT2D eigenvalue weighted by molar-refractivity contribution is 6.19. The van der Waals surface area contributed by atoms with E-state index in [1.165, 1.54) is 0 Å². The van der Waals surface area contributed by atoms with Crippen molar-refractivity contribution in [3.8, 4) is 27.9 Å². The molecular weight excluding hydrogens is 717 g/mol. The smallest absolute Gasteiger partial charge is 0.143 e. The van der Waals surface area contributed by atoms with Gasteiger partial charge in [-0.15, -0.1) is 0 Å². The second-order valence-corrected chi connectivity index (χ2v) is 15.0. The van der Waals surface area contributed by atoms with Gasteiger partial charge in [-0.3, -0.25) is 0 Å². The number of aromatic nitrogens is 1. The molecule has 0 unspecified atom stereocenters. The number of furan rings is 1. The van der Waals surface area contributed by atoms with E-state index in [2.05, 4.69) is 95.6 Å². The molecule has 12 aromatic rings. The standard InChI is InChI=1S/C56H36N2O/c1-3-17-45-38(12-1)14-10-21-46(45)40-28-33-43(34-29-40)57(53-24-11-25-54-55(53)50-35-30-39-13-2-4-18-47(39)56(50)59-54)42-31-26-37(27-32-42)41-15-9-16-44(36-41)58-51-22-7-5-19-48(51)49-20-6-8-23-52(49)58/h1-36H/i26D,27D,31D,32D. The van der Waals surface area contributed by atoms with Crippen LogP contribution in [-0.4, -0.2) is 4.57 Å². The Kier molecular flexibility index (Phi) is 6.65. The van der Waals surface area contributed by atoms with Crippen molar-refractivity contribution in [2.45, 2.75) is 0 Å². The van der Waals surface area contributed by atoms with Crippen LogP contribution >= 0.6 is 0 Å². The molecule has 0 amide bonds. The molecule has 0 N–H and O–H groups in total. The van der Waals surface area contributed by atoms with Gasteiger partial charge in [0.1, 0.15) is 11.2 Å². The number of fused-ring (bicyclic) bond motifs is 9. The first-order chi connectivity index (χ1) is 30.9. The van der Waals surface area contributed by atoms with E-state index in [0.29, 0.717) is 22.5 Å². The summed E-state index contributed by atoms with van der Waals surface area (Å²) in [6.07, 6.45) is 0. The number of para-hydroxylation sites is 2. The Labute approximate surface area is 346 Å². The lowest BCUT2D eigenvalue weighted by molar-refractivity contribution is 0.672. The van der Waals surface area contributed by atoms with Crippen molar-refractivity contribution >= 4 is 82.4 Å². The van der Waals surface area contributed by atoms with E-state index < -0.39 is 0 Å². The van der Waals surface area contributed by atoms with Gasteiger partial charge in [0.25, 0.3) is 0 Å². The SMILES string of the molecule is [2H]c1c([2H])c(N(c2ccc(-c3cccc4ccccc34)cc2)c2cccc3oc4c5ccccc5ccc4c23)c([2H])c([2H])c1-c1cccc(-n2c3ccccc3c3ccccc32)c1. The summed E-state index contributed by atoms with van der Waals surface area (Å²) in [7, 11) is 0. The molecular formula is C56H36N2O. The Morgan fingerprint density at radius 3 is 1.81 bits per heavy atom. The number of anilines is 3. The molecule has 2 heterocycles. The fourth-order valence-electron chi connectivity index (χ4n) is 8.94. The zero-order chi connectivity index (χ0) is 42.3. The van der Waals surface area contributed by atoms with E-state index in [-0.39, 0.29) is 35.4 Å². The number of hydrogen-bond acceptors (Lipinski definition) is 2. The van der Waals surface area contributed by atoms with Crippen LogP contribution in [0.15, 0.2) is 223 Å². The molecule has 59 heavy (non-hydrogen) atoms. The summed E-state index contributed by atoms with van der Waals surface area (Å²) in [6, 6.07) is 64.7. The van der Waals surface area contributed by atoms with Gasteiger partial charge in [-0.25, -0.2) is 0 Å². The number of hydrogen-bond donors (Lipinski definition) is 0. The maximum Gasteiger partial charge on any atom is 0.143 e. The Bertz CT molecular complexity index is 3720. The van der Waals surface area contributed by atoms with Gasteiger partial charge in [0.2, 0.25) is 0 Å². The summed E-state index contributed by atoms with van der Waals surface area (Å²) in [6.45, 7) is 0. The van der Waals surface area contributed by atoms with Crippen LogP contribution < -0.4 is 4.90 Å². The molecule has 0 saturated heterocycles. The van der Waals surface area contributed by atoms with E-state index in [9.17, 15) is 5.48 Å². The number of nitrogens with zero attached hydrogens (tertiary/aromatic N) is 2. The highest BCUT2D eigenvalue weighted by atomic mass is 16.3. The van der Waals surface area contributed by atoms with Crippen LogP contribution in [0.1, 0.15) is 5.48 Å². The fourth-order valence-corrected chi connectivity index (χ4v) is 8.94. The van der Waals surface area contributed by atoms with Crippen LogP contribution in [0.3, 0.4) is 0 Å². The summed E-state index contributed by atoms with van der Waals surface area (Å²) < 4.78 is 47.8. The van der Waals surface area contributed by atoms with E-state index >= 15 is 0 Å². The van der Waals surface area contributed by atoms with Gasteiger partial charge in [-0.2, -0.15) is 0 Å². The molecule has 276 valence electrons. The predicted octanol–water partition coefficient (Wildman–Crippen LogP) is 15.8. The molecule has 0 aliphatic rings. The minimum Gasteiger partial charge on any atom is -0.455 e. The summed E-state index contributed by atoms with van der Waals surface area (Å²) >= 11 is 0. The molecule has 10 aromatic carbocycles. The maximum atomic E-state index is 9.81. The second kappa shape index (κ2) is 13.4. The Morgan fingerprint density at radius 2 is 1.05 bits per heavy atom. The predicted molar refractivity (Wildman–Crippen MR) is 249 cm³/mol. The normalized spacial score (nSPS) is 12.7. The van der Waals surface area contributed by atoms with Gasteiger partial charge in [0.05, 0.1) is 27.6 Å². The second-order valence-electron chi connectivity index (χ2n) is 15.0. The van der Waals surface area contributed by atoms with Crippen molar-refractivity contribution in [2.24, 2.45) is 0 Å². The molecule has 0 radical (unpaired) electrons. The number of benzene rings is 10. The topological polar surface area (TPSA) is 21.3 Å². The fraction of sp³-hybridized carbons (Fsp3) is 0. The first-order valence-electron chi connectivity index (χ1n) is 21.9. The molecule has 0 spiro atoms. The van der Waals surface area contributed by atoms with Crippen LogP contribution in [0.4, 0.5) is 17.1 Å². The van der Waals surface area contributed by atoms with Gasteiger partial charge in [0, 0.05) is 38.6 Å². The van der Waals surface area contributed by atoms with Crippen LogP contribution in [0.2, 0.25) is 0 Å². The van der Waals surface area contributed by atoms with Crippen LogP contribution in [0.5, 0.6) is 0 Å². The molecule has 0 aliphatic heterocycles. The molecule has 0 bridgehead atoms. The maximum absolute atomic E-state index is 9.81. The zero-order valence-electron chi connectivity index (χ0n) is 35.8. The van der Waals surface area contributed by atoms with Crippen molar-refractivity contribution in [2.75, 3.05) is 4.90 Å². The van der Waals surface area contributed by atoms with E-state index in [0.717, 1.165) is 76.5 Å². The summed E-state index contributed by atoms with van der Waals surface area (Å²) in [4.78, 5) is 1.87. The van der Waals surface area contributed by atoms with Gasteiger partial charge in [-0.1, -0.05) is 152 Å². The summed E-state index contributed by atoms with van der Waals surface area (Å²) in [5.41, 5.74) is 8.82. The number of rotatable bonds is 6. The van der Waals surface area contributed by atoms with Gasteiger partial charge >= 0.3 is 0 Å². The Morgan fingerprint density at radius 1 is 0.424 bits per heavy atom. The van der Waals surface area contributed by atoms with Gasteiger partial charge in [0.15, 0.2) is 0 Å². The minimum absolute atomic E-state index is 0.127. The van der Waals surface area contributed by atoms with Crippen molar-refractivity contribution in [1.82, 2.24) is 4.57 Å². The largest absolute Gasteiger partial charge is 0.455 e. The van der Waals surface area contributed by atoms with E-state index in [4.69, 9.17) is 4.42 Å². The molecule has 3 heteroatoms. The highest BCUT2D eigenvalue weighted by Gasteiger charge is 2.21. The third kappa shape index (κ3) is 5.36. The van der Waals surface area contributed by atoms with Crippen molar-refractivity contribution < 1.29 is 9.90 Å². The van der Waals surface area contributed by atoms with Gasteiger partial charge < -0.3 is 13.9 Å². The van der Waals surface area contributed by atoms with Crippen LogP contribution in [0, 0.1) is 0 Å². The van der Waals surface area contributed by atoms with E-state index in [1.54, 1.807) is 0 Å². The third-order valence-electron chi connectivity index (χ3n) is 11.6. The third-order valence-corrected chi connectivity index (χ3v) is 11.6. The lowest BCUT2D eigenvalue weighted by Gasteiger charge is -2.27. The average Bonchev–Trinajstić information content (AvgIpc) is 3.89. The highest BCUT2D eigenvalue weighted by Crippen LogP contribution is 2.45. The minimum atomic E-state index is -0.151. The molecule has 12 rings (SSSR count). The van der Waals surface area contributed by atoms with Crippen LogP contribution in [-0.2, 0) is 0 Å². The Balaban J connectivity index is 1.07. The molecule has 0 atom stereocenters. The van der Waals surface area contributed by atoms with E-state index in [1.807, 2.05) is 108 Å². The summed E-state index contributed by atoms with van der Waals surface area (Å²) in [5.74, 6) is 0.